The molecule has 1 aliphatic rings. The minimum Gasteiger partial charge on any atom is -0.349 e. The molecular weight excluding hydrogens is 330 g/mol. The molecule has 12 heteroatoms. The lowest BCUT2D eigenvalue weighted by atomic mass is 10.2. The van der Waals surface area contributed by atoms with E-state index in [2.05, 4.69) is 5.32 Å². The van der Waals surface area contributed by atoms with Crippen molar-refractivity contribution in [1.29, 1.82) is 0 Å². The van der Waals surface area contributed by atoms with Gasteiger partial charge in [-0.1, -0.05) is 11.8 Å². The van der Waals surface area contributed by atoms with Crippen LogP contribution in [-0.4, -0.2) is 32.2 Å². The van der Waals surface area contributed by atoms with E-state index in [-0.39, 0.29) is 5.69 Å². The quantitative estimate of drug-likeness (QED) is 0.630. The van der Waals surface area contributed by atoms with Gasteiger partial charge in [-0.15, -0.1) is 0 Å². The Bertz CT molecular complexity index is 701. The molecule has 122 valence electrons. The van der Waals surface area contributed by atoms with Gasteiger partial charge in [-0.25, -0.2) is 0 Å². The second-order valence-electron chi connectivity index (χ2n) is 4.63. The zero-order valence-corrected chi connectivity index (χ0v) is 12.8. The molecule has 1 aliphatic heterocycles. The van der Waals surface area contributed by atoms with Crippen LogP contribution in [0, 0.1) is 30.3 Å². The minimum atomic E-state index is -0.911. The van der Waals surface area contributed by atoms with Crippen molar-refractivity contribution < 1.29 is 14.8 Å². The lowest BCUT2D eigenvalue weighted by Crippen LogP contribution is -2.30. The van der Waals surface area contributed by atoms with Gasteiger partial charge in [-0.2, -0.15) is 0 Å². The average molecular weight is 341 g/mol. The first kappa shape index (κ1) is 16.5. The normalized spacial score (nSPS) is 16.9. The number of nitrogens with zero attached hydrogens (tertiary/aromatic N) is 4. The van der Waals surface area contributed by atoms with Crippen LogP contribution in [0.3, 0.4) is 0 Å². The highest BCUT2D eigenvalue weighted by molar-refractivity contribution is 8.03. The fourth-order valence-electron chi connectivity index (χ4n) is 1.92. The maximum atomic E-state index is 11.2. The van der Waals surface area contributed by atoms with Crippen LogP contribution in [0.4, 0.5) is 22.7 Å². The molecule has 1 unspecified atom stereocenters. The van der Waals surface area contributed by atoms with Crippen molar-refractivity contribution in [1.82, 2.24) is 4.90 Å². The number of anilines is 1. The van der Waals surface area contributed by atoms with Gasteiger partial charge in [0.15, 0.2) is 11.2 Å². The van der Waals surface area contributed by atoms with Gasteiger partial charge in [-0.3, -0.25) is 30.3 Å². The molecule has 0 aliphatic carbocycles. The van der Waals surface area contributed by atoms with Crippen LogP contribution in [-0.2, 0) is 0 Å². The van der Waals surface area contributed by atoms with Crippen LogP contribution in [0.2, 0.25) is 0 Å². The number of benzene rings is 1. The van der Waals surface area contributed by atoms with Crippen molar-refractivity contribution >= 4 is 34.5 Å². The average Bonchev–Trinajstić information content (AvgIpc) is 2.78. The first-order valence-electron chi connectivity index (χ1n) is 6.15. The molecular formula is C11H11N5O6S. The zero-order chi connectivity index (χ0) is 17.3. The molecule has 0 fully saturated rings. The smallest absolute Gasteiger partial charge is 0.306 e. The molecule has 1 N–H and O–H groups in total. The van der Waals surface area contributed by atoms with Crippen molar-refractivity contribution in [3.05, 3.63) is 53.6 Å². The maximum Gasteiger partial charge on any atom is 0.306 e. The first-order valence-corrected chi connectivity index (χ1v) is 7.09. The molecule has 1 aromatic rings. The third kappa shape index (κ3) is 3.15. The number of rotatable bonds is 5. The standard InChI is InChI=1S/C11H11N5O6S/c1-6-5-23-11(13(6)2)12-10-8(15(19)20)3-7(14(17)18)4-9(10)16(21)22/h3-5,11-12H,1-2H3. The Kier molecular flexibility index (Phi) is 4.36. The number of nitro benzene ring substituents is 3. The van der Waals surface area contributed by atoms with E-state index in [0.717, 1.165) is 5.70 Å². The SMILES string of the molecule is CC1=CSC(Nc2c([N+](=O)[O-])cc([N+](=O)[O-])cc2[N+](=O)[O-])N1C. The lowest BCUT2D eigenvalue weighted by Gasteiger charge is -2.24. The van der Waals surface area contributed by atoms with Gasteiger partial charge in [0.1, 0.15) is 0 Å². The summed E-state index contributed by atoms with van der Waals surface area (Å²) in [7, 11) is 1.71. The molecule has 1 heterocycles. The summed E-state index contributed by atoms with van der Waals surface area (Å²) >= 11 is 1.28. The van der Waals surface area contributed by atoms with Gasteiger partial charge in [0.2, 0.25) is 0 Å². The topological polar surface area (TPSA) is 145 Å². The largest absolute Gasteiger partial charge is 0.349 e. The molecule has 23 heavy (non-hydrogen) atoms. The van der Waals surface area contributed by atoms with E-state index in [1.807, 2.05) is 6.92 Å². The Morgan fingerprint density at radius 3 is 1.96 bits per heavy atom. The number of hydrogen-bond donors (Lipinski definition) is 1. The van der Waals surface area contributed by atoms with Crippen LogP contribution in [0.15, 0.2) is 23.2 Å². The summed E-state index contributed by atoms with van der Waals surface area (Å²) < 4.78 is 0. The Labute approximate surface area is 133 Å². The molecule has 0 spiro atoms. The Balaban J connectivity index is 2.54. The predicted octanol–water partition coefficient (Wildman–Crippen LogP) is 2.65. The second-order valence-corrected chi connectivity index (χ2v) is 5.59. The molecule has 0 bridgehead atoms. The van der Waals surface area contributed by atoms with Crippen LogP contribution in [0.25, 0.3) is 0 Å². The molecule has 0 saturated heterocycles. The molecule has 2 rings (SSSR count). The number of nitrogens with one attached hydrogen (secondary N) is 1. The van der Waals surface area contributed by atoms with Gasteiger partial charge in [0.05, 0.1) is 26.9 Å². The highest BCUT2D eigenvalue weighted by atomic mass is 32.2. The van der Waals surface area contributed by atoms with Crippen molar-refractivity contribution in [3.8, 4) is 0 Å². The molecule has 11 nitrogen and oxygen atoms in total. The van der Waals surface area contributed by atoms with Gasteiger partial charge >= 0.3 is 11.4 Å². The number of thioether (sulfide) groups is 1. The summed E-state index contributed by atoms with van der Waals surface area (Å²) in [6.07, 6.45) is 0. The highest BCUT2D eigenvalue weighted by Gasteiger charge is 2.33. The molecule has 1 aromatic carbocycles. The van der Waals surface area contributed by atoms with E-state index >= 15 is 0 Å². The Morgan fingerprint density at radius 1 is 1.09 bits per heavy atom. The maximum absolute atomic E-state index is 11.2. The summed E-state index contributed by atoms with van der Waals surface area (Å²) in [4.78, 5) is 32.2. The van der Waals surface area contributed by atoms with Crippen molar-refractivity contribution in [2.75, 3.05) is 12.4 Å². The van der Waals surface area contributed by atoms with Crippen LogP contribution in [0.5, 0.6) is 0 Å². The third-order valence-corrected chi connectivity index (χ3v) is 4.40. The molecule has 0 amide bonds. The van der Waals surface area contributed by atoms with Crippen molar-refractivity contribution in [2.24, 2.45) is 0 Å². The summed E-state index contributed by atoms with van der Waals surface area (Å²) in [5.41, 5.74) is -2.13. The van der Waals surface area contributed by atoms with Gasteiger partial charge in [-0.05, 0) is 12.3 Å². The summed E-state index contributed by atoms with van der Waals surface area (Å²) in [6, 6.07) is 1.41. The van der Waals surface area contributed by atoms with Gasteiger partial charge < -0.3 is 10.2 Å². The van der Waals surface area contributed by atoms with E-state index in [4.69, 9.17) is 0 Å². The van der Waals surface area contributed by atoms with E-state index in [1.165, 1.54) is 11.8 Å². The molecule has 0 saturated carbocycles. The zero-order valence-electron chi connectivity index (χ0n) is 12.0. The predicted molar refractivity (Wildman–Crippen MR) is 82.9 cm³/mol. The summed E-state index contributed by atoms with van der Waals surface area (Å²) in [5, 5.41) is 37.7. The van der Waals surface area contributed by atoms with E-state index < -0.39 is 37.3 Å². The fourth-order valence-corrected chi connectivity index (χ4v) is 2.94. The van der Waals surface area contributed by atoms with Crippen LogP contribution in [0.1, 0.15) is 6.92 Å². The van der Waals surface area contributed by atoms with Crippen molar-refractivity contribution in [2.45, 2.75) is 12.4 Å². The summed E-state index contributed by atoms with van der Waals surface area (Å²) in [5.74, 6) is 0. The van der Waals surface area contributed by atoms with E-state index in [9.17, 15) is 30.3 Å². The van der Waals surface area contributed by atoms with Crippen LogP contribution >= 0.6 is 11.8 Å². The molecule has 1 atom stereocenters. The third-order valence-electron chi connectivity index (χ3n) is 3.23. The number of allylic oxidation sites excluding steroid dienone is 1. The molecule has 0 aromatic heterocycles. The van der Waals surface area contributed by atoms with Gasteiger partial charge in [0.25, 0.3) is 5.69 Å². The van der Waals surface area contributed by atoms with Gasteiger partial charge in [0, 0.05) is 12.7 Å². The second kappa shape index (κ2) is 6.08. The van der Waals surface area contributed by atoms with Crippen LogP contribution < -0.4 is 5.32 Å². The monoisotopic (exact) mass is 341 g/mol. The fraction of sp³-hybridized carbons (Fsp3) is 0.273. The number of hydrogen-bond acceptors (Lipinski definition) is 9. The first-order chi connectivity index (χ1) is 10.7. The number of non-ortho nitro benzene ring substituents is 1. The minimum absolute atomic E-state index is 0.363. The highest BCUT2D eigenvalue weighted by Crippen LogP contribution is 2.41. The Hall–Kier alpha value is -2.89. The molecule has 0 radical (unpaired) electrons. The summed E-state index contributed by atoms with van der Waals surface area (Å²) in [6.45, 7) is 1.81. The van der Waals surface area contributed by atoms with E-state index in [1.54, 1.807) is 17.4 Å². The van der Waals surface area contributed by atoms with E-state index in [0.29, 0.717) is 12.1 Å². The Morgan fingerprint density at radius 2 is 1.61 bits per heavy atom. The van der Waals surface area contributed by atoms with Crippen molar-refractivity contribution in [3.63, 3.8) is 0 Å². The number of nitro groups is 3. The lowest BCUT2D eigenvalue weighted by molar-refractivity contribution is -0.401.